The Morgan fingerprint density at radius 1 is 1.30 bits per heavy atom. The Bertz CT molecular complexity index is 807. The van der Waals surface area contributed by atoms with E-state index in [1.54, 1.807) is 18.2 Å². The second-order valence-electron chi connectivity index (χ2n) is 6.67. The second-order valence-corrected chi connectivity index (χ2v) is 8.46. The second kappa shape index (κ2) is 9.17. The summed E-state index contributed by atoms with van der Waals surface area (Å²) >= 11 is 13.4. The van der Waals surface area contributed by atoms with E-state index in [1.165, 1.54) is 11.8 Å². The van der Waals surface area contributed by atoms with Crippen molar-refractivity contribution in [2.75, 3.05) is 18.8 Å². The summed E-state index contributed by atoms with van der Waals surface area (Å²) in [5, 5.41) is 10.0. The summed E-state index contributed by atoms with van der Waals surface area (Å²) in [7, 11) is 1.86. The van der Waals surface area contributed by atoms with Gasteiger partial charge in [-0.25, -0.2) is 0 Å². The summed E-state index contributed by atoms with van der Waals surface area (Å²) in [6.07, 6.45) is 2.16. The summed E-state index contributed by atoms with van der Waals surface area (Å²) in [5.74, 6) is 2.41. The molecule has 1 amide bonds. The number of likely N-dealkylation sites (tertiary alicyclic amines) is 1. The lowest BCUT2D eigenvalue weighted by Crippen LogP contribution is -2.38. The summed E-state index contributed by atoms with van der Waals surface area (Å²) in [5.41, 5.74) is 0. The van der Waals surface area contributed by atoms with Crippen molar-refractivity contribution in [1.29, 1.82) is 0 Å². The Balaban J connectivity index is 1.53. The molecule has 1 aliphatic rings. The maximum Gasteiger partial charge on any atom is 0.233 e. The molecule has 9 heteroatoms. The molecule has 0 atom stereocenters. The third kappa shape index (κ3) is 5.30. The lowest BCUT2D eigenvalue weighted by atomic mass is 9.99. The molecule has 0 unspecified atom stereocenters. The Labute approximate surface area is 173 Å². The van der Waals surface area contributed by atoms with Crippen molar-refractivity contribution in [2.45, 2.75) is 31.5 Å². The zero-order valence-electron chi connectivity index (χ0n) is 15.3. The van der Waals surface area contributed by atoms with Crippen LogP contribution in [0.1, 0.15) is 25.6 Å². The van der Waals surface area contributed by atoms with Crippen LogP contribution in [0.5, 0.6) is 5.75 Å². The fourth-order valence-corrected chi connectivity index (χ4v) is 4.10. The largest absolute Gasteiger partial charge is 0.484 e. The summed E-state index contributed by atoms with van der Waals surface area (Å²) < 4.78 is 7.54. The fraction of sp³-hybridized carbons (Fsp3) is 0.500. The number of hydrogen-bond donors (Lipinski definition) is 0. The lowest BCUT2D eigenvalue weighted by Gasteiger charge is -2.30. The van der Waals surface area contributed by atoms with Crippen LogP contribution in [0.2, 0.25) is 10.0 Å². The molecule has 0 bridgehead atoms. The number of carbonyl (C=O) groups excluding carboxylic acids is 1. The van der Waals surface area contributed by atoms with Gasteiger partial charge in [0, 0.05) is 25.2 Å². The maximum atomic E-state index is 12.4. The number of ether oxygens (including phenoxy) is 1. The van der Waals surface area contributed by atoms with Crippen LogP contribution >= 0.6 is 35.0 Å². The molecule has 1 aliphatic heterocycles. The number of rotatable bonds is 6. The van der Waals surface area contributed by atoms with E-state index in [0.29, 0.717) is 38.4 Å². The molecule has 0 aliphatic carbocycles. The van der Waals surface area contributed by atoms with E-state index in [-0.39, 0.29) is 12.5 Å². The Morgan fingerprint density at radius 3 is 2.74 bits per heavy atom. The molecule has 27 heavy (non-hydrogen) atoms. The highest BCUT2D eigenvalue weighted by atomic mass is 35.5. The Morgan fingerprint density at radius 2 is 2.04 bits per heavy atom. The summed E-state index contributed by atoms with van der Waals surface area (Å²) in [6, 6.07) is 5.06. The molecule has 3 rings (SSSR count). The van der Waals surface area contributed by atoms with E-state index in [4.69, 9.17) is 27.9 Å². The van der Waals surface area contributed by atoms with E-state index < -0.39 is 0 Å². The number of hydrogen-bond acceptors (Lipinski definition) is 5. The molecule has 6 nitrogen and oxygen atoms in total. The van der Waals surface area contributed by atoms with E-state index in [9.17, 15) is 4.79 Å². The van der Waals surface area contributed by atoms with E-state index in [2.05, 4.69) is 17.1 Å². The van der Waals surface area contributed by atoms with Crippen LogP contribution in [-0.4, -0.2) is 44.4 Å². The zero-order valence-corrected chi connectivity index (χ0v) is 17.6. The van der Waals surface area contributed by atoms with Crippen molar-refractivity contribution in [3.63, 3.8) is 0 Å². The van der Waals surface area contributed by atoms with Gasteiger partial charge in [0.15, 0.2) is 11.0 Å². The standard InChI is InChI=1S/C18H22Cl2N4O2S/c1-12-5-7-24(8-6-12)17(25)11-27-18-22-21-16(23(18)2)10-26-15-4-3-13(19)9-14(15)20/h3-4,9,12H,5-8,10-11H2,1-2H3. The van der Waals surface area contributed by atoms with Crippen LogP contribution in [0.25, 0.3) is 0 Å². The quantitative estimate of drug-likeness (QED) is 0.649. The molecule has 146 valence electrons. The van der Waals surface area contributed by atoms with Crippen LogP contribution in [0.4, 0.5) is 0 Å². The van der Waals surface area contributed by atoms with Crippen LogP contribution in [0, 0.1) is 5.92 Å². The average Bonchev–Trinajstić information content (AvgIpc) is 2.99. The first-order valence-electron chi connectivity index (χ1n) is 8.80. The van der Waals surface area contributed by atoms with E-state index in [1.807, 2.05) is 16.5 Å². The van der Waals surface area contributed by atoms with Crippen molar-refractivity contribution in [3.05, 3.63) is 34.1 Å². The van der Waals surface area contributed by atoms with Gasteiger partial charge in [-0.05, 0) is 37.0 Å². The number of benzene rings is 1. The fourth-order valence-electron chi connectivity index (χ4n) is 2.81. The predicted octanol–water partition coefficient (Wildman–Crippen LogP) is 4.05. The van der Waals surface area contributed by atoms with Gasteiger partial charge < -0.3 is 14.2 Å². The normalized spacial score (nSPS) is 15.2. The highest BCUT2D eigenvalue weighted by molar-refractivity contribution is 7.99. The number of thioether (sulfide) groups is 1. The van der Waals surface area contributed by atoms with Crippen LogP contribution in [0.3, 0.4) is 0 Å². The van der Waals surface area contributed by atoms with Crippen molar-refractivity contribution < 1.29 is 9.53 Å². The first kappa shape index (κ1) is 20.3. The number of amides is 1. The minimum absolute atomic E-state index is 0.153. The van der Waals surface area contributed by atoms with Gasteiger partial charge in [-0.3, -0.25) is 4.79 Å². The van der Waals surface area contributed by atoms with Gasteiger partial charge in [0.1, 0.15) is 12.4 Å². The summed E-state index contributed by atoms with van der Waals surface area (Å²) in [4.78, 5) is 14.3. The van der Waals surface area contributed by atoms with Crippen LogP contribution in [0.15, 0.2) is 23.4 Å². The molecule has 2 aromatic rings. The van der Waals surface area contributed by atoms with E-state index >= 15 is 0 Å². The molecule has 1 aromatic carbocycles. The Hall–Kier alpha value is -1.44. The number of halogens is 2. The third-order valence-electron chi connectivity index (χ3n) is 4.64. The molecule has 0 N–H and O–H groups in total. The minimum Gasteiger partial charge on any atom is -0.484 e. The first-order valence-corrected chi connectivity index (χ1v) is 10.5. The number of nitrogens with zero attached hydrogens (tertiary/aromatic N) is 4. The number of piperidine rings is 1. The Kier molecular flexibility index (Phi) is 6.89. The molecule has 0 spiro atoms. The number of aromatic nitrogens is 3. The number of carbonyl (C=O) groups is 1. The molecule has 1 saturated heterocycles. The first-order chi connectivity index (χ1) is 12.9. The van der Waals surface area contributed by atoms with Gasteiger partial charge in [0.25, 0.3) is 0 Å². The van der Waals surface area contributed by atoms with Gasteiger partial charge in [-0.15, -0.1) is 10.2 Å². The lowest BCUT2D eigenvalue weighted by molar-refractivity contribution is -0.129. The molecule has 0 radical (unpaired) electrons. The predicted molar refractivity (Wildman–Crippen MR) is 107 cm³/mol. The van der Waals surface area contributed by atoms with Crippen molar-refractivity contribution in [3.8, 4) is 5.75 Å². The molecule has 1 aromatic heterocycles. The van der Waals surface area contributed by atoms with Gasteiger partial charge in [-0.2, -0.15) is 0 Å². The highest BCUT2D eigenvalue weighted by Gasteiger charge is 2.21. The maximum absolute atomic E-state index is 12.4. The molecule has 1 fully saturated rings. The van der Waals surface area contributed by atoms with E-state index in [0.717, 1.165) is 25.9 Å². The van der Waals surface area contributed by atoms with Crippen LogP contribution < -0.4 is 4.74 Å². The molecular weight excluding hydrogens is 407 g/mol. The smallest absolute Gasteiger partial charge is 0.233 e. The van der Waals surface area contributed by atoms with Crippen molar-refractivity contribution in [2.24, 2.45) is 13.0 Å². The molecule has 0 saturated carbocycles. The van der Waals surface area contributed by atoms with Crippen molar-refractivity contribution >= 4 is 40.9 Å². The SMILES string of the molecule is CC1CCN(C(=O)CSc2nnc(COc3ccc(Cl)cc3Cl)n2C)CC1. The van der Waals surface area contributed by atoms with Crippen LogP contribution in [-0.2, 0) is 18.4 Å². The molecular formula is C18H22Cl2N4O2S. The topological polar surface area (TPSA) is 60.3 Å². The minimum atomic E-state index is 0.153. The van der Waals surface area contributed by atoms with Crippen molar-refractivity contribution in [1.82, 2.24) is 19.7 Å². The van der Waals surface area contributed by atoms with Gasteiger partial charge in [-0.1, -0.05) is 41.9 Å². The monoisotopic (exact) mass is 428 g/mol. The molecule has 2 heterocycles. The van der Waals surface area contributed by atoms with Gasteiger partial charge in [0.2, 0.25) is 5.91 Å². The highest BCUT2D eigenvalue weighted by Crippen LogP contribution is 2.28. The summed E-state index contributed by atoms with van der Waals surface area (Å²) in [6.45, 7) is 4.15. The third-order valence-corrected chi connectivity index (χ3v) is 6.17. The van der Waals surface area contributed by atoms with Gasteiger partial charge >= 0.3 is 0 Å². The average molecular weight is 429 g/mol. The van der Waals surface area contributed by atoms with Gasteiger partial charge in [0.05, 0.1) is 10.8 Å². The zero-order chi connectivity index (χ0) is 19.4.